The monoisotopic (exact) mass is 578 g/mol. The molecule has 2 heterocycles. The van der Waals surface area contributed by atoms with Crippen molar-refractivity contribution in [3.05, 3.63) is 64.2 Å². The zero-order valence-electron chi connectivity index (χ0n) is 19.6. The third kappa shape index (κ3) is 7.67. The van der Waals surface area contributed by atoms with Gasteiger partial charge < -0.3 is 11.1 Å². The Hall–Kier alpha value is -1.14. The summed E-state index contributed by atoms with van der Waals surface area (Å²) in [7, 11) is -3.86. The van der Waals surface area contributed by atoms with Gasteiger partial charge in [0.2, 0.25) is 10.0 Å². The van der Waals surface area contributed by atoms with Crippen LogP contribution in [-0.2, 0) is 23.0 Å². The second-order valence-corrected chi connectivity index (χ2v) is 10.2. The smallest absolute Gasteiger partial charge is 0.277 e. The van der Waals surface area contributed by atoms with Gasteiger partial charge in [0, 0.05) is 18.5 Å². The molecule has 0 bridgehead atoms. The molecule has 4 N–H and O–H groups in total. The van der Waals surface area contributed by atoms with Crippen LogP contribution in [0.25, 0.3) is 0 Å². The van der Waals surface area contributed by atoms with Crippen LogP contribution >= 0.6 is 37.2 Å². The number of rotatable bonds is 8. The first-order chi connectivity index (χ1) is 15.0. The van der Waals surface area contributed by atoms with E-state index in [2.05, 4.69) is 15.0 Å². The predicted molar refractivity (Wildman–Crippen MR) is 139 cm³/mol. The lowest BCUT2D eigenvalue weighted by molar-refractivity contribution is -0.000882. The van der Waals surface area contributed by atoms with Crippen molar-refractivity contribution in [2.45, 2.75) is 57.7 Å². The van der Waals surface area contributed by atoms with E-state index in [1.54, 1.807) is 12.1 Å². The highest BCUT2D eigenvalue weighted by atomic mass is 35.5. The van der Waals surface area contributed by atoms with Crippen molar-refractivity contribution in [3.63, 3.8) is 0 Å². The molecule has 1 unspecified atom stereocenters. The fourth-order valence-electron chi connectivity index (χ4n) is 4.04. The summed E-state index contributed by atoms with van der Waals surface area (Å²) >= 11 is 0. The maximum absolute atomic E-state index is 15.5. The third-order valence-electron chi connectivity index (χ3n) is 5.97. The normalized spacial score (nSPS) is 19.7. The number of alkyl halides is 2. The number of hydrogen-bond acceptors (Lipinski definition) is 5. The fraction of sp³-hybridized carbons (Fsp3) is 0.500. The van der Waals surface area contributed by atoms with Crippen LogP contribution in [-0.4, -0.2) is 43.7 Å². The highest BCUT2D eigenvalue weighted by molar-refractivity contribution is 7.89. The lowest BCUT2D eigenvalue weighted by Gasteiger charge is -2.25. The minimum atomic E-state index is -3.86. The van der Waals surface area contributed by atoms with Gasteiger partial charge in [-0.05, 0) is 43.0 Å². The molecule has 3 atom stereocenters. The van der Waals surface area contributed by atoms with Gasteiger partial charge in [-0.1, -0.05) is 31.2 Å². The highest BCUT2D eigenvalue weighted by Crippen LogP contribution is 2.32. The van der Waals surface area contributed by atoms with Crippen LogP contribution in [0.5, 0.6) is 0 Å². The molecule has 1 aliphatic heterocycles. The number of nitrogens with zero attached hydrogens (tertiary/aromatic N) is 1. The van der Waals surface area contributed by atoms with Gasteiger partial charge in [0.15, 0.2) is 0 Å². The van der Waals surface area contributed by atoms with Crippen LogP contribution in [0.2, 0.25) is 0 Å². The zero-order chi connectivity index (χ0) is 23.7. The molecular weight excluding hydrogens is 548 g/mol. The van der Waals surface area contributed by atoms with E-state index in [1.807, 2.05) is 26.0 Å². The van der Waals surface area contributed by atoms with E-state index in [0.717, 1.165) is 5.56 Å². The van der Waals surface area contributed by atoms with Crippen molar-refractivity contribution < 1.29 is 21.6 Å². The van der Waals surface area contributed by atoms with E-state index in [9.17, 15) is 17.2 Å². The van der Waals surface area contributed by atoms with Crippen LogP contribution in [0.3, 0.4) is 0 Å². The Morgan fingerprint density at radius 2 is 1.89 bits per heavy atom. The van der Waals surface area contributed by atoms with E-state index in [-0.39, 0.29) is 67.4 Å². The Morgan fingerprint density at radius 3 is 2.49 bits per heavy atom. The first-order valence-electron chi connectivity index (χ1n) is 10.5. The van der Waals surface area contributed by atoms with Gasteiger partial charge in [-0.15, -0.1) is 37.2 Å². The average Bonchev–Trinajstić information content (AvgIpc) is 3.02. The van der Waals surface area contributed by atoms with Gasteiger partial charge in [-0.3, -0.25) is 4.98 Å². The number of aromatic nitrogens is 1. The van der Waals surface area contributed by atoms with Gasteiger partial charge >= 0.3 is 0 Å². The summed E-state index contributed by atoms with van der Waals surface area (Å²) in [4.78, 5) is 4.54. The molecule has 1 fully saturated rings. The average molecular weight is 580 g/mol. The number of halogens is 6. The summed E-state index contributed by atoms with van der Waals surface area (Å²) in [6.45, 7) is 4.67. The van der Waals surface area contributed by atoms with Gasteiger partial charge in [0.1, 0.15) is 11.9 Å². The summed E-state index contributed by atoms with van der Waals surface area (Å²) in [5.74, 6) is -4.48. The zero-order valence-corrected chi connectivity index (χ0v) is 22.8. The van der Waals surface area contributed by atoms with Crippen LogP contribution in [0, 0.1) is 12.7 Å². The minimum Gasteiger partial charge on any atom is -0.325 e. The molecule has 1 aromatic heterocycles. The van der Waals surface area contributed by atoms with Crippen molar-refractivity contribution in [1.82, 2.24) is 15.0 Å². The topological polar surface area (TPSA) is 97.1 Å². The number of hydrogen-bond donors (Lipinski definition) is 3. The Labute approximate surface area is 223 Å². The lowest BCUT2D eigenvalue weighted by Crippen LogP contribution is -2.51. The molecule has 1 saturated heterocycles. The summed E-state index contributed by atoms with van der Waals surface area (Å²) in [6.07, 6.45) is -0.0892. The summed E-state index contributed by atoms with van der Waals surface area (Å²) < 4.78 is 70.2. The number of sulfonamides is 1. The van der Waals surface area contributed by atoms with E-state index >= 15 is 4.39 Å². The second kappa shape index (κ2) is 13.4. The van der Waals surface area contributed by atoms with E-state index in [1.165, 1.54) is 13.0 Å². The number of nitrogens with two attached hydrogens (primary N) is 1. The quantitative estimate of drug-likeness (QED) is 0.441. The largest absolute Gasteiger partial charge is 0.325 e. The standard InChI is InChI=1S/C22H29F3N4O2S.3ClH/c1-4-32(30,31)29-21-18(27-12-22(21,24)25)10-15-6-5-7-17(19(15)23)14(3)20-13(2)8-9-16(11-26)28-20;;;/h5-9,14,18,21,27,29H,4,10-12,26H2,1-3H3;3*1H/t14?,18-,21+;;;/m0.../s1. The lowest BCUT2D eigenvalue weighted by atomic mass is 9.90. The van der Waals surface area contributed by atoms with E-state index < -0.39 is 40.4 Å². The van der Waals surface area contributed by atoms with Crippen LogP contribution in [0.1, 0.15) is 47.8 Å². The van der Waals surface area contributed by atoms with Crippen LogP contribution in [0.15, 0.2) is 30.3 Å². The molecule has 6 nitrogen and oxygen atoms in total. The summed E-state index contributed by atoms with van der Waals surface area (Å²) in [5, 5.41) is 2.65. The van der Waals surface area contributed by atoms with E-state index in [0.29, 0.717) is 17.0 Å². The van der Waals surface area contributed by atoms with Crippen molar-refractivity contribution in [1.29, 1.82) is 0 Å². The first-order valence-corrected chi connectivity index (χ1v) is 12.2. The molecular formula is C22H32Cl3F3N4O2S. The highest BCUT2D eigenvalue weighted by Gasteiger charge is 2.51. The fourth-order valence-corrected chi connectivity index (χ4v) is 4.93. The number of pyridine rings is 1. The molecule has 0 aliphatic carbocycles. The second-order valence-electron chi connectivity index (χ2n) is 8.20. The Kier molecular flexibility index (Phi) is 13.0. The molecule has 1 aromatic carbocycles. The van der Waals surface area contributed by atoms with Crippen molar-refractivity contribution >= 4 is 47.2 Å². The molecule has 0 amide bonds. The number of benzene rings is 1. The molecule has 200 valence electrons. The molecule has 3 rings (SSSR count). The minimum absolute atomic E-state index is 0. The summed E-state index contributed by atoms with van der Waals surface area (Å²) in [5.41, 5.74) is 8.60. The third-order valence-corrected chi connectivity index (χ3v) is 7.35. The predicted octanol–water partition coefficient (Wildman–Crippen LogP) is 3.86. The molecule has 35 heavy (non-hydrogen) atoms. The molecule has 1 aliphatic rings. The van der Waals surface area contributed by atoms with Gasteiger partial charge in [0.05, 0.1) is 23.7 Å². The van der Waals surface area contributed by atoms with Gasteiger partial charge in [-0.2, -0.15) is 0 Å². The maximum Gasteiger partial charge on any atom is 0.277 e. The molecule has 0 spiro atoms. The van der Waals surface area contributed by atoms with E-state index in [4.69, 9.17) is 5.73 Å². The van der Waals surface area contributed by atoms with Gasteiger partial charge in [-0.25, -0.2) is 26.3 Å². The number of nitrogens with one attached hydrogen (secondary N) is 2. The molecule has 2 aromatic rings. The Balaban J connectivity index is 0.00000385. The number of aryl methyl sites for hydroxylation is 1. The maximum atomic E-state index is 15.5. The van der Waals surface area contributed by atoms with Gasteiger partial charge in [0.25, 0.3) is 5.92 Å². The Morgan fingerprint density at radius 1 is 1.23 bits per heavy atom. The molecule has 13 heteroatoms. The van der Waals surface area contributed by atoms with Crippen LogP contribution in [0.4, 0.5) is 13.2 Å². The first kappa shape index (κ1) is 33.9. The van der Waals surface area contributed by atoms with Crippen LogP contribution < -0.4 is 15.8 Å². The van der Waals surface area contributed by atoms with Crippen molar-refractivity contribution in [3.8, 4) is 0 Å². The van der Waals surface area contributed by atoms with Crippen molar-refractivity contribution in [2.24, 2.45) is 5.73 Å². The molecule has 0 saturated carbocycles. The Bertz CT molecular complexity index is 1090. The summed E-state index contributed by atoms with van der Waals surface area (Å²) in [6, 6.07) is 5.95. The SMILES string of the molecule is CCS(=O)(=O)N[C@@H]1[C@H](Cc2cccc(C(C)c3nc(CN)ccc3C)c2F)NCC1(F)F.Cl.Cl.Cl. The van der Waals surface area contributed by atoms with Crippen molar-refractivity contribution in [2.75, 3.05) is 12.3 Å². The molecule has 0 radical (unpaired) electrons.